The highest BCUT2D eigenvalue weighted by Crippen LogP contribution is 2.25. The van der Waals surface area contributed by atoms with E-state index in [4.69, 9.17) is 5.10 Å². The normalized spacial score (nSPS) is 12.1. The standard InChI is InChI=1S/C23H22N4O/c1-3-16(2)24-23(28)20-14-21(18-12-8-5-9-13-18)27-22(25-20)15-19(26-27)17-10-6-4-7-11-17/h4-16H,3H2,1-2H3,(H,24,28)/t16-/m1/s1. The van der Waals surface area contributed by atoms with E-state index < -0.39 is 0 Å². The Bertz CT molecular complexity index is 1100. The zero-order valence-corrected chi connectivity index (χ0v) is 16.0. The SMILES string of the molecule is CC[C@@H](C)NC(=O)c1cc(-c2ccccc2)n2nc(-c3ccccc3)cc2n1. The van der Waals surface area contributed by atoms with E-state index in [0.29, 0.717) is 11.3 Å². The van der Waals surface area contributed by atoms with Gasteiger partial charge in [-0.1, -0.05) is 67.6 Å². The van der Waals surface area contributed by atoms with Crippen molar-refractivity contribution in [2.75, 3.05) is 0 Å². The van der Waals surface area contributed by atoms with E-state index in [1.807, 2.05) is 86.6 Å². The minimum atomic E-state index is -0.170. The third-order valence-electron chi connectivity index (χ3n) is 4.79. The van der Waals surface area contributed by atoms with Crippen LogP contribution in [0, 0.1) is 0 Å². The summed E-state index contributed by atoms with van der Waals surface area (Å²) in [5, 5.41) is 7.76. The maximum atomic E-state index is 12.7. The zero-order chi connectivity index (χ0) is 19.5. The van der Waals surface area contributed by atoms with Crippen molar-refractivity contribution in [1.82, 2.24) is 19.9 Å². The molecule has 0 saturated carbocycles. The Balaban J connectivity index is 1.88. The molecule has 1 N–H and O–H groups in total. The van der Waals surface area contributed by atoms with Crippen LogP contribution in [0.3, 0.4) is 0 Å². The van der Waals surface area contributed by atoms with Crippen molar-refractivity contribution in [2.45, 2.75) is 26.3 Å². The number of carbonyl (C=O) groups excluding carboxylic acids is 1. The van der Waals surface area contributed by atoms with Crippen LogP contribution in [-0.2, 0) is 0 Å². The molecule has 0 aliphatic heterocycles. The van der Waals surface area contributed by atoms with Gasteiger partial charge in [0.25, 0.3) is 5.91 Å². The molecule has 140 valence electrons. The van der Waals surface area contributed by atoms with Crippen LogP contribution >= 0.6 is 0 Å². The van der Waals surface area contributed by atoms with Crippen LogP contribution in [0.2, 0.25) is 0 Å². The highest BCUT2D eigenvalue weighted by Gasteiger charge is 2.17. The van der Waals surface area contributed by atoms with Crippen LogP contribution in [-0.4, -0.2) is 26.5 Å². The summed E-state index contributed by atoms with van der Waals surface area (Å²) in [6, 6.07) is 23.7. The van der Waals surface area contributed by atoms with E-state index in [1.165, 1.54) is 0 Å². The largest absolute Gasteiger partial charge is 0.348 e. The van der Waals surface area contributed by atoms with Gasteiger partial charge in [0.05, 0.1) is 11.4 Å². The molecule has 4 aromatic rings. The molecular weight excluding hydrogens is 348 g/mol. The maximum absolute atomic E-state index is 12.7. The number of nitrogens with zero attached hydrogens (tertiary/aromatic N) is 3. The third kappa shape index (κ3) is 3.51. The van der Waals surface area contributed by atoms with Crippen molar-refractivity contribution >= 4 is 11.6 Å². The second-order valence-electron chi connectivity index (χ2n) is 6.84. The first-order valence-electron chi connectivity index (χ1n) is 9.48. The van der Waals surface area contributed by atoms with Crippen LogP contribution < -0.4 is 5.32 Å². The first-order chi connectivity index (χ1) is 13.7. The summed E-state index contributed by atoms with van der Waals surface area (Å²) in [4.78, 5) is 17.3. The molecule has 0 spiro atoms. The van der Waals surface area contributed by atoms with Gasteiger partial charge in [0, 0.05) is 23.2 Å². The number of benzene rings is 2. The van der Waals surface area contributed by atoms with E-state index in [9.17, 15) is 4.79 Å². The Morgan fingerprint density at radius 1 is 1.00 bits per heavy atom. The third-order valence-corrected chi connectivity index (χ3v) is 4.79. The van der Waals surface area contributed by atoms with Gasteiger partial charge in [0.1, 0.15) is 5.69 Å². The van der Waals surface area contributed by atoms with Gasteiger partial charge in [-0.2, -0.15) is 5.10 Å². The second kappa shape index (κ2) is 7.64. The smallest absolute Gasteiger partial charge is 0.270 e. The Morgan fingerprint density at radius 2 is 1.64 bits per heavy atom. The number of aromatic nitrogens is 3. The minimum Gasteiger partial charge on any atom is -0.348 e. The maximum Gasteiger partial charge on any atom is 0.270 e. The monoisotopic (exact) mass is 370 g/mol. The number of nitrogens with one attached hydrogen (secondary N) is 1. The van der Waals surface area contributed by atoms with Gasteiger partial charge in [-0.05, 0) is 19.4 Å². The Hall–Kier alpha value is -3.47. The van der Waals surface area contributed by atoms with Gasteiger partial charge in [-0.25, -0.2) is 9.50 Å². The Morgan fingerprint density at radius 3 is 2.29 bits per heavy atom. The van der Waals surface area contributed by atoms with E-state index in [-0.39, 0.29) is 11.9 Å². The van der Waals surface area contributed by atoms with Crippen LogP contribution in [0.25, 0.3) is 28.2 Å². The predicted octanol–water partition coefficient (Wildman–Crippen LogP) is 4.59. The summed E-state index contributed by atoms with van der Waals surface area (Å²) in [7, 11) is 0. The van der Waals surface area contributed by atoms with E-state index >= 15 is 0 Å². The van der Waals surface area contributed by atoms with Crippen molar-refractivity contribution in [3.8, 4) is 22.5 Å². The molecule has 2 aromatic heterocycles. The Labute approximate surface area is 164 Å². The molecule has 0 saturated heterocycles. The molecular formula is C23H22N4O. The number of hydrogen-bond donors (Lipinski definition) is 1. The lowest BCUT2D eigenvalue weighted by atomic mass is 10.1. The molecule has 28 heavy (non-hydrogen) atoms. The summed E-state index contributed by atoms with van der Waals surface area (Å²) in [5.74, 6) is -0.170. The second-order valence-corrected chi connectivity index (χ2v) is 6.84. The molecule has 4 rings (SSSR count). The average molecular weight is 370 g/mol. The van der Waals surface area contributed by atoms with Gasteiger partial charge < -0.3 is 5.32 Å². The fourth-order valence-electron chi connectivity index (χ4n) is 3.06. The summed E-state index contributed by atoms with van der Waals surface area (Å²) in [6.45, 7) is 4.03. The summed E-state index contributed by atoms with van der Waals surface area (Å²) < 4.78 is 1.80. The van der Waals surface area contributed by atoms with Gasteiger partial charge in [-0.15, -0.1) is 0 Å². The molecule has 2 heterocycles. The molecule has 0 radical (unpaired) electrons. The number of fused-ring (bicyclic) bond motifs is 1. The lowest BCUT2D eigenvalue weighted by Gasteiger charge is -2.12. The van der Waals surface area contributed by atoms with Crippen LogP contribution in [0.15, 0.2) is 72.8 Å². The van der Waals surface area contributed by atoms with Crippen molar-refractivity contribution in [3.05, 3.63) is 78.5 Å². The van der Waals surface area contributed by atoms with Crippen LogP contribution in [0.4, 0.5) is 0 Å². The molecule has 2 aromatic carbocycles. The lowest BCUT2D eigenvalue weighted by Crippen LogP contribution is -2.32. The molecule has 1 atom stereocenters. The molecule has 0 unspecified atom stereocenters. The van der Waals surface area contributed by atoms with E-state index in [2.05, 4.69) is 10.3 Å². The lowest BCUT2D eigenvalue weighted by molar-refractivity contribution is 0.0934. The predicted molar refractivity (Wildman–Crippen MR) is 111 cm³/mol. The zero-order valence-electron chi connectivity index (χ0n) is 16.0. The summed E-state index contributed by atoms with van der Waals surface area (Å²) in [6.07, 6.45) is 0.865. The number of hydrogen-bond acceptors (Lipinski definition) is 3. The van der Waals surface area contributed by atoms with Crippen molar-refractivity contribution in [3.63, 3.8) is 0 Å². The highest BCUT2D eigenvalue weighted by atomic mass is 16.1. The van der Waals surface area contributed by atoms with Crippen molar-refractivity contribution in [2.24, 2.45) is 0 Å². The number of amides is 1. The van der Waals surface area contributed by atoms with E-state index in [1.54, 1.807) is 4.52 Å². The molecule has 5 heteroatoms. The fourth-order valence-corrected chi connectivity index (χ4v) is 3.06. The molecule has 0 aliphatic rings. The quantitative estimate of drug-likeness (QED) is 0.559. The highest BCUT2D eigenvalue weighted by molar-refractivity contribution is 5.94. The van der Waals surface area contributed by atoms with Crippen LogP contribution in [0.5, 0.6) is 0 Å². The molecule has 0 fully saturated rings. The van der Waals surface area contributed by atoms with Crippen LogP contribution in [0.1, 0.15) is 30.8 Å². The summed E-state index contributed by atoms with van der Waals surface area (Å²) >= 11 is 0. The summed E-state index contributed by atoms with van der Waals surface area (Å²) in [5.41, 5.74) is 4.69. The van der Waals surface area contributed by atoms with E-state index in [0.717, 1.165) is 28.9 Å². The topological polar surface area (TPSA) is 59.3 Å². The number of rotatable bonds is 5. The van der Waals surface area contributed by atoms with Crippen molar-refractivity contribution in [1.29, 1.82) is 0 Å². The molecule has 1 amide bonds. The average Bonchev–Trinajstić information content (AvgIpc) is 3.18. The van der Waals surface area contributed by atoms with Crippen molar-refractivity contribution < 1.29 is 4.79 Å². The molecule has 0 aliphatic carbocycles. The van der Waals surface area contributed by atoms with Gasteiger partial charge in [0.2, 0.25) is 0 Å². The van der Waals surface area contributed by atoms with Gasteiger partial charge in [-0.3, -0.25) is 4.79 Å². The van der Waals surface area contributed by atoms with Gasteiger partial charge >= 0.3 is 0 Å². The first kappa shape index (κ1) is 17.9. The first-order valence-corrected chi connectivity index (χ1v) is 9.48. The fraction of sp³-hybridized carbons (Fsp3) is 0.174. The molecule has 5 nitrogen and oxygen atoms in total. The molecule has 0 bridgehead atoms. The van der Waals surface area contributed by atoms with Gasteiger partial charge in [0.15, 0.2) is 5.65 Å². The Kier molecular flexibility index (Phi) is 4.89. The number of carbonyl (C=O) groups is 1. The minimum absolute atomic E-state index is 0.0930.